The van der Waals surface area contributed by atoms with Gasteiger partial charge in [-0.25, -0.2) is 4.98 Å². The van der Waals surface area contributed by atoms with Gasteiger partial charge in [0.15, 0.2) is 0 Å². The third-order valence-electron chi connectivity index (χ3n) is 4.85. The highest BCUT2D eigenvalue weighted by Crippen LogP contribution is 2.19. The highest BCUT2D eigenvalue weighted by atomic mass is 16.3. The third kappa shape index (κ3) is 4.96. The van der Waals surface area contributed by atoms with E-state index in [1.54, 1.807) is 6.26 Å². The molecular formula is C21H27N3O3. The van der Waals surface area contributed by atoms with Crippen LogP contribution >= 0.6 is 0 Å². The highest BCUT2D eigenvalue weighted by Gasteiger charge is 2.29. The molecule has 6 heteroatoms. The lowest BCUT2D eigenvalue weighted by atomic mass is 9.96. The number of carbonyl (C=O) groups excluding carboxylic acids is 2. The van der Waals surface area contributed by atoms with Crippen LogP contribution in [0.15, 0.2) is 41.0 Å². The zero-order chi connectivity index (χ0) is 19.2. The molecule has 0 aliphatic carbocycles. The second-order valence-electron chi connectivity index (χ2n) is 7.33. The number of amides is 2. The smallest absolute Gasteiger partial charge is 0.226 e. The number of benzene rings is 1. The number of hydrogen-bond acceptors (Lipinski definition) is 4. The molecule has 2 aromatic rings. The molecule has 1 aromatic carbocycles. The molecule has 0 spiro atoms. The maximum absolute atomic E-state index is 12.5. The van der Waals surface area contributed by atoms with Crippen molar-refractivity contribution < 1.29 is 14.0 Å². The molecule has 1 N–H and O–H groups in total. The highest BCUT2D eigenvalue weighted by molar-refractivity contribution is 5.82. The summed E-state index contributed by atoms with van der Waals surface area (Å²) in [5, 5.41) is 2.98. The third-order valence-corrected chi connectivity index (χ3v) is 4.85. The molecule has 1 atom stereocenters. The molecule has 0 bridgehead atoms. The second-order valence-corrected chi connectivity index (χ2v) is 7.33. The summed E-state index contributed by atoms with van der Waals surface area (Å²) in [6.45, 7) is 5.57. The molecule has 27 heavy (non-hydrogen) atoms. The van der Waals surface area contributed by atoms with E-state index < -0.39 is 0 Å². The van der Waals surface area contributed by atoms with Crippen molar-refractivity contribution in [1.82, 2.24) is 15.2 Å². The maximum Gasteiger partial charge on any atom is 0.226 e. The fourth-order valence-corrected chi connectivity index (χ4v) is 3.35. The Morgan fingerprint density at radius 1 is 1.30 bits per heavy atom. The van der Waals surface area contributed by atoms with Crippen molar-refractivity contribution in [3.8, 4) is 11.5 Å². The van der Waals surface area contributed by atoms with Gasteiger partial charge in [0.1, 0.15) is 6.26 Å². The summed E-state index contributed by atoms with van der Waals surface area (Å²) in [4.78, 5) is 30.9. The Morgan fingerprint density at radius 2 is 2.07 bits per heavy atom. The van der Waals surface area contributed by atoms with E-state index in [0.717, 1.165) is 30.6 Å². The van der Waals surface area contributed by atoms with Crippen LogP contribution in [0.1, 0.15) is 32.4 Å². The summed E-state index contributed by atoms with van der Waals surface area (Å²) >= 11 is 0. The van der Waals surface area contributed by atoms with Crippen molar-refractivity contribution in [2.24, 2.45) is 11.8 Å². The summed E-state index contributed by atoms with van der Waals surface area (Å²) in [6.07, 6.45) is 3.96. The maximum atomic E-state index is 12.5. The molecule has 144 valence electrons. The summed E-state index contributed by atoms with van der Waals surface area (Å²) in [7, 11) is 0. The van der Waals surface area contributed by atoms with Gasteiger partial charge in [-0.15, -0.1) is 0 Å². The van der Waals surface area contributed by atoms with E-state index in [4.69, 9.17) is 4.42 Å². The van der Waals surface area contributed by atoms with Crippen LogP contribution < -0.4 is 5.32 Å². The zero-order valence-corrected chi connectivity index (χ0v) is 16.0. The van der Waals surface area contributed by atoms with Crippen molar-refractivity contribution in [3.05, 3.63) is 42.3 Å². The van der Waals surface area contributed by atoms with Crippen molar-refractivity contribution in [2.45, 2.75) is 33.1 Å². The first-order valence-electron chi connectivity index (χ1n) is 9.61. The van der Waals surface area contributed by atoms with E-state index in [1.165, 1.54) is 0 Å². The largest absolute Gasteiger partial charge is 0.444 e. The number of hydrogen-bond donors (Lipinski definition) is 1. The number of likely N-dealkylation sites (tertiary alicyclic amines) is 1. The van der Waals surface area contributed by atoms with Crippen LogP contribution in [0.25, 0.3) is 11.5 Å². The Hall–Kier alpha value is -2.63. The lowest BCUT2D eigenvalue weighted by Crippen LogP contribution is -2.46. The van der Waals surface area contributed by atoms with Crippen molar-refractivity contribution in [3.63, 3.8) is 0 Å². The van der Waals surface area contributed by atoms with Crippen molar-refractivity contribution in [1.29, 1.82) is 0 Å². The first-order valence-corrected chi connectivity index (χ1v) is 9.61. The van der Waals surface area contributed by atoms with Crippen LogP contribution in [0.3, 0.4) is 0 Å². The standard InChI is InChI=1S/C21H27N3O3/c1-15(2)21(26)24-12-6-9-17(13-24)19(25)22-11-10-18-14-27-20(23-18)16-7-4-3-5-8-16/h3-5,7-8,14-15,17H,6,9-13H2,1-2H3,(H,22,25)/t17-/m0/s1. The van der Waals surface area contributed by atoms with E-state index in [9.17, 15) is 9.59 Å². The molecule has 6 nitrogen and oxygen atoms in total. The van der Waals surface area contributed by atoms with Crippen LogP contribution in [0.5, 0.6) is 0 Å². The second kappa shape index (κ2) is 8.84. The predicted octanol–water partition coefficient (Wildman–Crippen LogP) is 2.89. The molecule has 1 saturated heterocycles. The SMILES string of the molecule is CC(C)C(=O)N1CCC[C@H](C(=O)NCCc2coc(-c3ccccc3)n2)C1. The first kappa shape index (κ1) is 19.1. The van der Waals surface area contributed by atoms with E-state index in [1.807, 2.05) is 49.1 Å². The number of carbonyl (C=O) groups is 2. The van der Waals surface area contributed by atoms with Gasteiger partial charge in [-0.2, -0.15) is 0 Å². The van der Waals surface area contributed by atoms with E-state index in [2.05, 4.69) is 10.3 Å². The Morgan fingerprint density at radius 3 is 2.81 bits per heavy atom. The Bertz CT molecular complexity index is 770. The number of nitrogens with zero attached hydrogens (tertiary/aromatic N) is 2. The number of piperidine rings is 1. The number of aromatic nitrogens is 1. The van der Waals surface area contributed by atoms with Gasteiger partial charge in [-0.1, -0.05) is 32.0 Å². The minimum Gasteiger partial charge on any atom is -0.444 e. The van der Waals surface area contributed by atoms with Gasteiger partial charge < -0.3 is 14.6 Å². The molecular weight excluding hydrogens is 342 g/mol. The molecule has 1 fully saturated rings. The van der Waals surface area contributed by atoms with E-state index >= 15 is 0 Å². The molecule has 0 unspecified atom stereocenters. The summed E-state index contributed by atoms with van der Waals surface area (Å²) in [5.74, 6) is 0.579. The molecule has 1 aromatic heterocycles. The van der Waals surface area contributed by atoms with Crippen LogP contribution in [-0.4, -0.2) is 41.3 Å². The molecule has 2 heterocycles. The lowest BCUT2D eigenvalue weighted by Gasteiger charge is -2.33. The van der Waals surface area contributed by atoms with Gasteiger partial charge >= 0.3 is 0 Å². The Balaban J connectivity index is 1.47. The Kier molecular flexibility index (Phi) is 6.27. The van der Waals surface area contributed by atoms with Gasteiger partial charge in [-0.3, -0.25) is 9.59 Å². The van der Waals surface area contributed by atoms with Crippen LogP contribution in [-0.2, 0) is 16.0 Å². The summed E-state index contributed by atoms with van der Waals surface area (Å²) in [5.41, 5.74) is 1.75. The van der Waals surface area contributed by atoms with Gasteiger partial charge in [0, 0.05) is 37.5 Å². The van der Waals surface area contributed by atoms with Gasteiger partial charge in [-0.05, 0) is 25.0 Å². The summed E-state index contributed by atoms with van der Waals surface area (Å²) < 4.78 is 5.52. The minimum atomic E-state index is -0.126. The average Bonchev–Trinajstić information content (AvgIpc) is 3.17. The molecule has 3 rings (SSSR count). The van der Waals surface area contributed by atoms with Crippen LogP contribution in [0, 0.1) is 11.8 Å². The zero-order valence-electron chi connectivity index (χ0n) is 16.0. The minimum absolute atomic E-state index is 0.0167. The molecule has 1 aliphatic rings. The number of oxazole rings is 1. The molecule has 0 saturated carbocycles. The van der Waals surface area contributed by atoms with Crippen molar-refractivity contribution >= 4 is 11.8 Å². The fourth-order valence-electron chi connectivity index (χ4n) is 3.35. The number of rotatable bonds is 6. The molecule has 2 amide bonds. The Labute approximate surface area is 160 Å². The van der Waals surface area contributed by atoms with Gasteiger partial charge in [0.2, 0.25) is 17.7 Å². The molecule has 0 radical (unpaired) electrons. The van der Waals surface area contributed by atoms with E-state index in [0.29, 0.717) is 25.4 Å². The number of nitrogens with one attached hydrogen (secondary N) is 1. The fraction of sp³-hybridized carbons (Fsp3) is 0.476. The van der Waals surface area contributed by atoms with Gasteiger partial charge in [0.05, 0.1) is 11.6 Å². The van der Waals surface area contributed by atoms with Crippen LogP contribution in [0.2, 0.25) is 0 Å². The lowest BCUT2D eigenvalue weighted by molar-refractivity contribution is -0.138. The van der Waals surface area contributed by atoms with E-state index in [-0.39, 0.29) is 23.7 Å². The molecule has 1 aliphatic heterocycles. The summed E-state index contributed by atoms with van der Waals surface area (Å²) in [6, 6.07) is 9.73. The normalized spacial score (nSPS) is 17.1. The topological polar surface area (TPSA) is 75.4 Å². The average molecular weight is 369 g/mol. The van der Waals surface area contributed by atoms with Crippen LogP contribution in [0.4, 0.5) is 0 Å². The van der Waals surface area contributed by atoms with Crippen molar-refractivity contribution in [2.75, 3.05) is 19.6 Å². The quantitative estimate of drug-likeness (QED) is 0.849. The first-order chi connectivity index (χ1) is 13.0. The van der Waals surface area contributed by atoms with Gasteiger partial charge in [0.25, 0.3) is 0 Å². The predicted molar refractivity (Wildman–Crippen MR) is 103 cm³/mol. The monoisotopic (exact) mass is 369 g/mol.